The number of aliphatic imine (C=N–C) groups is 1. The quantitative estimate of drug-likeness (QED) is 0.389. The van der Waals surface area contributed by atoms with Crippen molar-refractivity contribution in [1.29, 1.82) is 0 Å². The standard InChI is InChI=1S/C27H26ClN3O3S/c1-2-15-34-23-13-11-21(12-14-23)29-26(33)24-17-25(32)31(18-19-7-4-3-5-8-19)27(35-24)30-22-10-6-9-20(28)16-22/h3-14,16,24H,2,15,17-18H2,1H3,(H,29,33). The van der Waals surface area contributed by atoms with Gasteiger partial charge in [-0.3, -0.25) is 14.5 Å². The summed E-state index contributed by atoms with van der Waals surface area (Å²) < 4.78 is 5.59. The summed E-state index contributed by atoms with van der Waals surface area (Å²) in [5, 5.41) is 3.32. The second-order valence-corrected chi connectivity index (χ2v) is 9.62. The molecule has 1 aliphatic rings. The minimum absolute atomic E-state index is 0.0790. The molecule has 8 heteroatoms. The maximum atomic E-state index is 13.2. The summed E-state index contributed by atoms with van der Waals surface area (Å²) >= 11 is 7.42. The van der Waals surface area contributed by atoms with Crippen LogP contribution in [0.1, 0.15) is 25.3 Å². The van der Waals surface area contributed by atoms with E-state index in [0.717, 1.165) is 17.7 Å². The molecule has 3 aromatic carbocycles. The summed E-state index contributed by atoms with van der Waals surface area (Å²) in [7, 11) is 0. The van der Waals surface area contributed by atoms with Gasteiger partial charge in [-0.1, -0.05) is 66.7 Å². The van der Waals surface area contributed by atoms with Crippen molar-refractivity contribution in [1.82, 2.24) is 4.90 Å². The van der Waals surface area contributed by atoms with Gasteiger partial charge in [0.05, 0.1) is 18.8 Å². The van der Waals surface area contributed by atoms with Gasteiger partial charge in [-0.2, -0.15) is 0 Å². The molecule has 0 bridgehead atoms. The van der Waals surface area contributed by atoms with Gasteiger partial charge in [0.15, 0.2) is 5.17 Å². The average molecular weight is 508 g/mol. The Morgan fingerprint density at radius 2 is 1.89 bits per heavy atom. The van der Waals surface area contributed by atoms with Gasteiger partial charge < -0.3 is 10.1 Å². The number of amidine groups is 1. The van der Waals surface area contributed by atoms with E-state index in [4.69, 9.17) is 21.3 Å². The number of hydrogen-bond acceptors (Lipinski definition) is 5. The third kappa shape index (κ3) is 6.87. The lowest BCUT2D eigenvalue weighted by atomic mass is 10.2. The van der Waals surface area contributed by atoms with E-state index in [1.54, 1.807) is 35.2 Å². The van der Waals surface area contributed by atoms with E-state index in [1.165, 1.54) is 11.8 Å². The monoisotopic (exact) mass is 507 g/mol. The molecule has 4 rings (SSSR count). The largest absolute Gasteiger partial charge is 0.494 e. The lowest BCUT2D eigenvalue weighted by Gasteiger charge is -2.32. The summed E-state index contributed by atoms with van der Waals surface area (Å²) in [6, 6.07) is 24.0. The Bertz CT molecular complexity index is 1200. The molecule has 180 valence electrons. The SMILES string of the molecule is CCCOc1ccc(NC(=O)C2CC(=O)N(Cc3ccccc3)C(=Nc3cccc(Cl)c3)S2)cc1. The Balaban J connectivity index is 1.53. The number of thioether (sulfide) groups is 1. The number of amides is 2. The molecule has 1 heterocycles. The van der Waals surface area contributed by atoms with Crippen LogP contribution in [-0.2, 0) is 16.1 Å². The summed E-state index contributed by atoms with van der Waals surface area (Å²) in [4.78, 5) is 32.6. The molecule has 6 nitrogen and oxygen atoms in total. The van der Waals surface area contributed by atoms with Crippen LogP contribution in [0.5, 0.6) is 5.75 Å². The average Bonchev–Trinajstić information content (AvgIpc) is 2.86. The number of halogens is 1. The molecule has 2 amide bonds. The van der Waals surface area contributed by atoms with E-state index >= 15 is 0 Å². The number of ether oxygens (including phenoxy) is 1. The van der Waals surface area contributed by atoms with Crippen LogP contribution in [0.25, 0.3) is 0 Å². The third-order valence-corrected chi connectivity index (χ3v) is 6.67. The first-order chi connectivity index (χ1) is 17.0. The topological polar surface area (TPSA) is 71.0 Å². The van der Waals surface area contributed by atoms with Crippen LogP contribution in [0.3, 0.4) is 0 Å². The molecule has 0 saturated carbocycles. The Morgan fingerprint density at radius 1 is 1.11 bits per heavy atom. The van der Waals surface area contributed by atoms with Crippen LogP contribution in [0.4, 0.5) is 11.4 Å². The van der Waals surface area contributed by atoms with Gasteiger partial charge in [0.1, 0.15) is 11.0 Å². The number of rotatable bonds is 8. The third-order valence-electron chi connectivity index (χ3n) is 5.24. The first-order valence-corrected chi connectivity index (χ1v) is 12.7. The predicted molar refractivity (Wildman–Crippen MR) is 142 cm³/mol. The number of nitrogens with one attached hydrogen (secondary N) is 1. The lowest BCUT2D eigenvalue weighted by molar-refractivity contribution is -0.129. The van der Waals surface area contributed by atoms with Crippen molar-refractivity contribution in [2.75, 3.05) is 11.9 Å². The van der Waals surface area contributed by atoms with E-state index in [-0.39, 0.29) is 18.2 Å². The maximum Gasteiger partial charge on any atom is 0.238 e. The molecule has 0 aliphatic carbocycles. The molecule has 0 spiro atoms. The van der Waals surface area contributed by atoms with Gasteiger partial charge in [-0.15, -0.1) is 0 Å². The van der Waals surface area contributed by atoms with Gasteiger partial charge >= 0.3 is 0 Å². The normalized spacial score (nSPS) is 16.9. The van der Waals surface area contributed by atoms with Crippen LogP contribution < -0.4 is 10.1 Å². The maximum absolute atomic E-state index is 13.2. The summed E-state index contributed by atoms with van der Waals surface area (Å²) in [6.45, 7) is 3.06. The van der Waals surface area contributed by atoms with Gasteiger partial charge in [0, 0.05) is 17.1 Å². The molecule has 1 atom stereocenters. The van der Waals surface area contributed by atoms with Crippen molar-refractivity contribution in [3.05, 3.63) is 89.4 Å². The van der Waals surface area contributed by atoms with E-state index in [0.29, 0.717) is 34.7 Å². The predicted octanol–water partition coefficient (Wildman–Crippen LogP) is 6.29. The summed E-state index contributed by atoms with van der Waals surface area (Å²) in [5.41, 5.74) is 2.25. The van der Waals surface area contributed by atoms with E-state index in [9.17, 15) is 9.59 Å². The van der Waals surface area contributed by atoms with Crippen LogP contribution >= 0.6 is 23.4 Å². The molecule has 3 aromatic rings. The Kier molecular flexibility index (Phi) is 8.45. The molecule has 1 fully saturated rings. The van der Waals surface area contributed by atoms with Crippen molar-refractivity contribution < 1.29 is 14.3 Å². The Hall–Kier alpha value is -3.29. The molecular weight excluding hydrogens is 482 g/mol. The zero-order valence-electron chi connectivity index (χ0n) is 19.3. The second kappa shape index (κ2) is 11.9. The smallest absolute Gasteiger partial charge is 0.238 e. The Morgan fingerprint density at radius 3 is 2.60 bits per heavy atom. The van der Waals surface area contributed by atoms with Gasteiger partial charge in [0.2, 0.25) is 11.8 Å². The van der Waals surface area contributed by atoms with E-state index in [1.807, 2.05) is 55.5 Å². The fourth-order valence-electron chi connectivity index (χ4n) is 3.50. The lowest BCUT2D eigenvalue weighted by Crippen LogP contribution is -2.44. The number of carbonyl (C=O) groups excluding carboxylic acids is 2. The highest BCUT2D eigenvalue weighted by atomic mass is 35.5. The number of hydrogen-bond donors (Lipinski definition) is 1. The molecule has 0 aromatic heterocycles. The van der Waals surface area contributed by atoms with Crippen molar-refractivity contribution in [2.24, 2.45) is 4.99 Å². The minimum Gasteiger partial charge on any atom is -0.494 e. The molecule has 1 aliphatic heterocycles. The van der Waals surface area contributed by atoms with Crippen molar-refractivity contribution >= 4 is 51.7 Å². The summed E-state index contributed by atoms with van der Waals surface area (Å²) in [5.74, 6) is 0.347. The first-order valence-electron chi connectivity index (χ1n) is 11.4. The van der Waals surface area contributed by atoms with Crippen LogP contribution in [-0.4, -0.2) is 33.7 Å². The van der Waals surface area contributed by atoms with Crippen molar-refractivity contribution in [2.45, 2.75) is 31.6 Å². The van der Waals surface area contributed by atoms with Gasteiger partial charge in [-0.25, -0.2) is 4.99 Å². The van der Waals surface area contributed by atoms with Gasteiger partial charge in [-0.05, 0) is 54.4 Å². The number of anilines is 1. The highest BCUT2D eigenvalue weighted by Crippen LogP contribution is 2.31. The molecule has 1 saturated heterocycles. The van der Waals surface area contributed by atoms with Crippen LogP contribution in [0.15, 0.2) is 83.9 Å². The Labute approximate surface area is 214 Å². The highest BCUT2D eigenvalue weighted by Gasteiger charge is 2.36. The summed E-state index contributed by atoms with van der Waals surface area (Å²) in [6.07, 6.45) is 1.00. The molecule has 0 radical (unpaired) electrons. The van der Waals surface area contributed by atoms with E-state index in [2.05, 4.69) is 5.32 Å². The van der Waals surface area contributed by atoms with Crippen LogP contribution in [0, 0.1) is 0 Å². The van der Waals surface area contributed by atoms with E-state index < -0.39 is 5.25 Å². The number of benzene rings is 3. The fourth-order valence-corrected chi connectivity index (χ4v) is 4.78. The number of carbonyl (C=O) groups is 2. The number of nitrogens with zero attached hydrogens (tertiary/aromatic N) is 2. The van der Waals surface area contributed by atoms with Crippen LogP contribution in [0.2, 0.25) is 5.02 Å². The van der Waals surface area contributed by atoms with Crippen molar-refractivity contribution in [3.63, 3.8) is 0 Å². The molecule has 1 unspecified atom stereocenters. The molecule has 1 N–H and O–H groups in total. The molecular formula is C27H26ClN3O3S. The molecule has 35 heavy (non-hydrogen) atoms. The van der Waals surface area contributed by atoms with Crippen molar-refractivity contribution in [3.8, 4) is 5.75 Å². The zero-order chi connectivity index (χ0) is 24.6. The second-order valence-electron chi connectivity index (χ2n) is 8.01. The fraction of sp³-hybridized carbons (Fsp3) is 0.222. The first kappa shape index (κ1) is 24.8. The zero-order valence-corrected chi connectivity index (χ0v) is 20.9. The highest BCUT2D eigenvalue weighted by molar-refractivity contribution is 8.15. The van der Waals surface area contributed by atoms with Gasteiger partial charge in [0.25, 0.3) is 0 Å². The minimum atomic E-state index is -0.608.